The molecule has 2 aromatic rings. The fourth-order valence-corrected chi connectivity index (χ4v) is 3.20. The molecule has 5 heteroatoms. The third-order valence-electron chi connectivity index (χ3n) is 2.58. The summed E-state index contributed by atoms with van der Waals surface area (Å²) < 4.78 is 13.7. The van der Waals surface area contributed by atoms with Crippen molar-refractivity contribution in [2.45, 2.75) is 13.8 Å². The zero-order valence-electron chi connectivity index (χ0n) is 9.88. The van der Waals surface area contributed by atoms with E-state index >= 15 is 0 Å². The predicted molar refractivity (Wildman–Crippen MR) is 75.7 cm³/mol. The second-order valence-corrected chi connectivity index (χ2v) is 6.16. The van der Waals surface area contributed by atoms with Crippen molar-refractivity contribution in [1.29, 1.82) is 0 Å². The zero-order valence-corrected chi connectivity index (χ0v) is 12.3. The molecule has 0 saturated carbocycles. The Morgan fingerprint density at radius 1 is 1.33 bits per heavy atom. The maximum atomic E-state index is 13.2. The molecule has 94 valence electrons. The lowest BCUT2D eigenvalue weighted by Gasteiger charge is -2.05. The van der Waals surface area contributed by atoms with Crippen LogP contribution in [-0.4, -0.2) is 5.78 Å². The highest BCUT2D eigenvalue weighted by molar-refractivity contribution is 9.10. The molecule has 0 saturated heterocycles. The van der Waals surface area contributed by atoms with E-state index in [2.05, 4.69) is 15.9 Å². The molecule has 2 N–H and O–H groups in total. The van der Waals surface area contributed by atoms with Crippen LogP contribution in [0.4, 0.5) is 10.1 Å². The summed E-state index contributed by atoms with van der Waals surface area (Å²) in [6.45, 7) is 3.83. The first-order chi connectivity index (χ1) is 8.40. The van der Waals surface area contributed by atoms with Gasteiger partial charge in [-0.05, 0) is 53.5 Å². The van der Waals surface area contributed by atoms with Gasteiger partial charge in [-0.1, -0.05) is 0 Å². The van der Waals surface area contributed by atoms with Gasteiger partial charge in [0.2, 0.25) is 5.78 Å². The summed E-state index contributed by atoms with van der Waals surface area (Å²) in [5, 5.41) is 0. The Balaban J connectivity index is 2.53. The number of carbonyl (C=O) groups is 1. The van der Waals surface area contributed by atoms with Gasteiger partial charge in [-0.25, -0.2) is 4.39 Å². The molecule has 0 aliphatic rings. The van der Waals surface area contributed by atoms with Crippen molar-refractivity contribution < 1.29 is 9.18 Å². The fraction of sp³-hybridized carbons (Fsp3) is 0.154. The third kappa shape index (κ3) is 2.33. The Labute approximate surface area is 117 Å². The largest absolute Gasteiger partial charge is 0.396 e. The molecule has 0 amide bonds. The molecule has 1 heterocycles. The van der Waals surface area contributed by atoms with Gasteiger partial charge < -0.3 is 5.73 Å². The third-order valence-corrected chi connectivity index (χ3v) is 4.39. The van der Waals surface area contributed by atoms with Gasteiger partial charge in [0.1, 0.15) is 5.82 Å². The van der Waals surface area contributed by atoms with Crippen molar-refractivity contribution >= 4 is 38.7 Å². The highest BCUT2D eigenvalue weighted by atomic mass is 79.9. The topological polar surface area (TPSA) is 43.1 Å². The molecule has 0 bridgehead atoms. The number of benzene rings is 1. The number of aryl methyl sites for hydroxylation is 2. The highest BCUT2D eigenvalue weighted by Crippen LogP contribution is 2.29. The average molecular weight is 328 g/mol. The molecule has 1 aromatic heterocycles. The smallest absolute Gasteiger partial charge is 0.204 e. The standard InChI is InChI=1S/C13H11BrFNOS/c1-6-3-7(2)18-13(6)12(17)8-4-11(16)10(15)5-9(8)14/h3-5H,16H2,1-2H3. The Morgan fingerprint density at radius 2 is 2.00 bits per heavy atom. The Hall–Kier alpha value is -1.20. The highest BCUT2D eigenvalue weighted by Gasteiger charge is 2.18. The molecule has 0 aliphatic carbocycles. The van der Waals surface area contributed by atoms with Crippen LogP contribution in [0.5, 0.6) is 0 Å². The van der Waals surface area contributed by atoms with Crippen LogP contribution < -0.4 is 5.73 Å². The van der Waals surface area contributed by atoms with Crippen LogP contribution in [0.25, 0.3) is 0 Å². The number of halogens is 2. The van der Waals surface area contributed by atoms with Gasteiger partial charge in [-0.3, -0.25) is 4.79 Å². The van der Waals surface area contributed by atoms with Crippen molar-refractivity contribution in [2.75, 3.05) is 5.73 Å². The van der Waals surface area contributed by atoms with Gasteiger partial charge in [0.25, 0.3) is 0 Å². The second kappa shape index (κ2) is 4.82. The van der Waals surface area contributed by atoms with E-state index in [4.69, 9.17) is 5.73 Å². The minimum absolute atomic E-state index is 0.0209. The van der Waals surface area contributed by atoms with E-state index in [0.717, 1.165) is 10.4 Å². The van der Waals surface area contributed by atoms with Crippen LogP contribution in [0, 0.1) is 19.7 Å². The maximum absolute atomic E-state index is 13.2. The molecule has 2 nitrogen and oxygen atoms in total. The lowest BCUT2D eigenvalue weighted by Crippen LogP contribution is -2.04. The first-order valence-electron chi connectivity index (χ1n) is 5.26. The minimum atomic E-state index is -0.530. The van der Waals surface area contributed by atoms with Crippen LogP contribution in [0.2, 0.25) is 0 Å². The number of ketones is 1. The van der Waals surface area contributed by atoms with Gasteiger partial charge in [0.05, 0.1) is 10.6 Å². The van der Waals surface area contributed by atoms with Gasteiger partial charge in [0.15, 0.2) is 0 Å². The van der Waals surface area contributed by atoms with Crippen LogP contribution in [0.15, 0.2) is 22.7 Å². The van der Waals surface area contributed by atoms with Crippen LogP contribution >= 0.6 is 27.3 Å². The summed E-state index contributed by atoms with van der Waals surface area (Å²) in [7, 11) is 0. The van der Waals surface area contributed by atoms with Gasteiger partial charge in [0, 0.05) is 14.9 Å². The molecule has 0 unspecified atom stereocenters. The average Bonchev–Trinajstić information content (AvgIpc) is 2.62. The lowest BCUT2D eigenvalue weighted by molar-refractivity contribution is 0.104. The lowest BCUT2D eigenvalue weighted by atomic mass is 10.1. The summed E-state index contributed by atoms with van der Waals surface area (Å²) >= 11 is 4.63. The summed E-state index contributed by atoms with van der Waals surface area (Å²) in [5.74, 6) is -0.665. The number of carbonyl (C=O) groups excluding carboxylic acids is 1. The molecule has 1 aromatic carbocycles. The first-order valence-corrected chi connectivity index (χ1v) is 6.87. The van der Waals surface area contributed by atoms with Gasteiger partial charge >= 0.3 is 0 Å². The summed E-state index contributed by atoms with van der Waals surface area (Å²) in [6.07, 6.45) is 0. The minimum Gasteiger partial charge on any atom is -0.396 e. The molecular formula is C13H11BrFNOS. The van der Waals surface area contributed by atoms with Crippen molar-refractivity contribution in [3.63, 3.8) is 0 Å². The Kier molecular flexibility index (Phi) is 3.54. The Bertz CT molecular complexity index is 636. The number of hydrogen-bond acceptors (Lipinski definition) is 3. The fourth-order valence-electron chi connectivity index (χ4n) is 1.73. The molecule has 0 aliphatic heterocycles. The van der Waals surface area contributed by atoms with Crippen LogP contribution in [0.3, 0.4) is 0 Å². The molecule has 0 atom stereocenters. The molecule has 0 fully saturated rings. The van der Waals surface area contributed by atoms with E-state index in [1.54, 1.807) is 0 Å². The summed E-state index contributed by atoms with van der Waals surface area (Å²) in [6, 6.07) is 4.55. The number of anilines is 1. The molecule has 0 radical (unpaired) electrons. The van der Waals surface area contributed by atoms with Crippen molar-refractivity contribution in [1.82, 2.24) is 0 Å². The van der Waals surface area contributed by atoms with Gasteiger partial charge in [-0.15, -0.1) is 11.3 Å². The normalized spacial score (nSPS) is 10.7. The molecule has 18 heavy (non-hydrogen) atoms. The number of thiophene rings is 1. The SMILES string of the molecule is Cc1cc(C)c(C(=O)c2cc(N)c(F)cc2Br)s1. The molecular weight excluding hydrogens is 317 g/mol. The summed E-state index contributed by atoms with van der Waals surface area (Å²) in [5.41, 5.74) is 6.80. The van der Waals surface area contributed by atoms with Crippen molar-refractivity contribution in [2.24, 2.45) is 0 Å². The van der Waals surface area contributed by atoms with Crippen LogP contribution in [-0.2, 0) is 0 Å². The van der Waals surface area contributed by atoms with Crippen molar-refractivity contribution in [3.05, 3.63) is 49.4 Å². The van der Waals surface area contributed by atoms with E-state index in [9.17, 15) is 9.18 Å². The van der Waals surface area contributed by atoms with E-state index in [1.165, 1.54) is 23.5 Å². The second-order valence-electron chi connectivity index (χ2n) is 4.05. The Morgan fingerprint density at radius 3 is 2.56 bits per heavy atom. The van der Waals surface area contributed by atoms with E-state index in [0.29, 0.717) is 14.9 Å². The van der Waals surface area contributed by atoms with E-state index < -0.39 is 5.82 Å². The monoisotopic (exact) mass is 327 g/mol. The predicted octanol–water partition coefficient (Wildman–Crippen LogP) is 4.08. The van der Waals surface area contributed by atoms with Crippen LogP contribution in [0.1, 0.15) is 25.7 Å². The number of nitrogen functional groups attached to an aromatic ring is 1. The zero-order chi connectivity index (χ0) is 13.4. The van der Waals surface area contributed by atoms with Crippen molar-refractivity contribution in [3.8, 4) is 0 Å². The maximum Gasteiger partial charge on any atom is 0.204 e. The van der Waals surface area contributed by atoms with Gasteiger partial charge in [-0.2, -0.15) is 0 Å². The summed E-state index contributed by atoms with van der Waals surface area (Å²) in [4.78, 5) is 14.1. The molecule has 0 spiro atoms. The molecule has 2 rings (SSSR count). The number of hydrogen-bond donors (Lipinski definition) is 1. The van der Waals surface area contributed by atoms with E-state index in [-0.39, 0.29) is 11.5 Å². The van der Waals surface area contributed by atoms with E-state index in [1.807, 2.05) is 19.9 Å². The first kappa shape index (κ1) is 13.2. The number of rotatable bonds is 2. The number of nitrogens with two attached hydrogens (primary N) is 1. The quantitative estimate of drug-likeness (QED) is 0.667.